The molecule has 0 spiro atoms. The predicted molar refractivity (Wildman–Crippen MR) is 66.8 cm³/mol. The number of amides is 2. The summed E-state index contributed by atoms with van der Waals surface area (Å²) < 4.78 is 13.7. The Morgan fingerprint density at radius 2 is 2.05 bits per heavy atom. The molecule has 0 radical (unpaired) electrons. The van der Waals surface area contributed by atoms with Crippen LogP contribution in [0.2, 0.25) is 0 Å². The van der Waals surface area contributed by atoms with E-state index in [0.717, 1.165) is 0 Å². The molecule has 0 saturated carbocycles. The van der Waals surface area contributed by atoms with Crippen molar-refractivity contribution >= 4 is 33.7 Å². The molecular weight excluding hydrogens is 323 g/mol. The van der Waals surface area contributed by atoms with Crippen molar-refractivity contribution in [1.29, 1.82) is 0 Å². The van der Waals surface area contributed by atoms with Crippen molar-refractivity contribution in [2.45, 2.75) is 12.5 Å². The Balaban J connectivity index is 2.91. The molecule has 0 aliphatic heterocycles. The number of primary amides is 1. The predicted octanol–water partition coefficient (Wildman–Crippen LogP) is 0.647. The molecule has 0 saturated heterocycles. The van der Waals surface area contributed by atoms with Crippen molar-refractivity contribution < 1.29 is 23.9 Å². The number of rotatable bonds is 5. The largest absolute Gasteiger partial charge is 0.480 e. The smallest absolute Gasteiger partial charge is 0.326 e. The first-order valence-corrected chi connectivity index (χ1v) is 5.88. The standard InChI is InChI=1S/C11H10BrFN2O4/c12-6-3-1-2-5(9(6)13)10(17)15-7(11(18)19)4-8(14)16/h1-3,7H,4H2,(H2,14,16)(H,15,17)(H,18,19)/t7-/m1/s1. The summed E-state index contributed by atoms with van der Waals surface area (Å²) >= 11 is 2.90. The lowest BCUT2D eigenvalue weighted by molar-refractivity contribution is -0.140. The van der Waals surface area contributed by atoms with E-state index in [0.29, 0.717) is 0 Å². The van der Waals surface area contributed by atoms with Crippen LogP contribution in [0.4, 0.5) is 4.39 Å². The first-order chi connectivity index (χ1) is 8.82. The number of carboxylic acid groups (broad SMARTS) is 1. The summed E-state index contributed by atoms with van der Waals surface area (Å²) in [5.74, 6) is -4.07. The van der Waals surface area contributed by atoms with Crippen LogP contribution >= 0.6 is 15.9 Å². The molecular formula is C11H10BrFN2O4. The van der Waals surface area contributed by atoms with Gasteiger partial charge in [-0.3, -0.25) is 9.59 Å². The van der Waals surface area contributed by atoms with Crippen LogP contribution in [0.25, 0.3) is 0 Å². The Labute approximate surface area is 115 Å². The van der Waals surface area contributed by atoms with E-state index in [1.807, 2.05) is 5.32 Å². The fourth-order valence-corrected chi connectivity index (χ4v) is 1.68. The molecule has 8 heteroatoms. The molecule has 0 heterocycles. The molecule has 0 aromatic heterocycles. The Morgan fingerprint density at radius 1 is 1.42 bits per heavy atom. The van der Waals surface area contributed by atoms with Crippen molar-refractivity contribution in [1.82, 2.24) is 5.32 Å². The molecule has 2 amide bonds. The molecule has 0 aliphatic carbocycles. The van der Waals surface area contributed by atoms with Gasteiger partial charge in [0, 0.05) is 0 Å². The summed E-state index contributed by atoms with van der Waals surface area (Å²) in [6, 6.07) is 2.51. The van der Waals surface area contributed by atoms with Crippen LogP contribution in [0.15, 0.2) is 22.7 Å². The number of nitrogens with one attached hydrogen (secondary N) is 1. The molecule has 1 aromatic carbocycles. The van der Waals surface area contributed by atoms with Gasteiger partial charge < -0.3 is 16.2 Å². The summed E-state index contributed by atoms with van der Waals surface area (Å²) in [7, 11) is 0. The summed E-state index contributed by atoms with van der Waals surface area (Å²) in [5, 5.41) is 10.8. The van der Waals surface area contributed by atoms with Crippen molar-refractivity contribution in [3.63, 3.8) is 0 Å². The number of carbonyl (C=O) groups excluding carboxylic acids is 2. The molecule has 1 aromatic rings. The average molecular weight is 333 g/mol. The van der Waals surface area contributed by atoms with E-state index in [4.69, 9.17) is 10.8 Å². The minimum Gasteiger partial charge on any atom is -0.480 e. The van der Waals surface area contributed by atoms with E-state index >= 15 is 0 Å². The van der Waals surface area contributed by atoms with Gasteiger partial charge in [-0.2, -0.15) is 0 Å². The summed E-state index contributed by atoms with van der Waals surface area (Å²) in [4.78, 5) is 33.2. The number of hydrogen-bond donors (Lipinski definition) is 3. The van der Waals surface area contributed by atoms with Gasteiger partial charge >= 0.3 is 5.97 Å². The summed E-state index contributed by atoms with van der Waals surface area (Å²) in [5.41, 5.74) is 4.54. The number of carboxylic acids is 1. The van der Waals surface area contributed by atoms with E-state index in [9.17, 15) is 18.8 Å². The molecule has 6 nitrogen and oxygen atoms in total. The molecule has 0 bridgehead atoms. The number of aliphatic carboxylic acids is 1. The van der Waals surface area contributed by atoms with E-state index in [1.165, 1.54) is 18.2 Å². The lowest BCUT2D eigenvalue weighted by Crippen LogP contribution is -2.43. The van der Waals surface area contributed by atoms with Gasteiger partial charge in [-0.25, -0.2) is 9.18 Å². The molecule has 19 heavy (non-hydrogen) atoms. The summed E-state index contributed by atoms with van der Waals surface area (Å²) in [6.45, 7) is 0. The molecule has 0 fully saturated rings. The van der Waals surface area contributed by atoms with Crippen LogP contribution in [-0.4, -0.2) is 28.9 Å². The molecule has 1 atom stereocenters. The van der Waals surface area contributed by atoms with Crippen LogP contribution in [0.3, 0.4) is 0 Å². The van der Waals surface area contributed by atoms with Gasteiger partial charge in [-0.05, 0) is 28.1 Å². The second kappa shape index (κ2) is 6.28. The van der Waals surface area contributed by atoms with Crippen LogP contribution in [-0.2, 0) is 9.59 Å². The molecule has 0 aliphatic rings. The Bertz CT molecular complexity index is 535. The third-order valence-electron chi connectivity index (χ3n) is 2.20. The van der Waals surface area contributed by atoms with Crippen molar-refractivity contribution in [3.05, 3.63) is 34.1 Å². The minimum absolute atomic E-state index is 0.0712. The fourth-order valence-electron chi connectivity index (χ4n) is 1.32. The minimum atomic E-state index is -1.50. The maximum absolute atomic E-state index is 13.6. The zero-order valence-electron chi connectivity index (χ0n) is 9.52. The van der Waals surface area contributed by atoms with Crippen LogP contribution in [0.1, 0.15) is 16.8 Å². The van der Waals surface area contributed by atoms with Gasteiger partial charge in [0.2, 0.25) is 5.91 Å². The maximum atomic E-state index is 13.6. The first-order valence-electron chi connectivity index (χ1n) is 5.09. The number of halogens is 2. The van der Waals surface area contributed by atoms with Gasteiger partial charge in [-0.15, -0.1) is 0 Å². The third kappa shape index (κ3) is 4.02. The van der Waals surface area contributed by atoms with E-state index in [1.54, 1.807) is 0 Å². The lowest BCUT2D eigenvalue weighted by atomic mass is 10.1. The van der Waals surface area contributed by atoms with Crippen molar-refractivity contribution in [2.75, 3.05) is 0 Å². The number of hydrogen-bond acceptors (Lipinski definition) is 3. The normalized spacial score (nSPS) is 11.7. The highest BCUT2D eigenvalue weighted by Gasteiger charge is 2.24. The van der Waals surface area contributed by atoms with Gasteiger partial charge in [0.05, 0.1) is 16.5 Å². The Morgan fingerprint density at radius 3 is 2.58 bits per heavy atom. The van der Waals surface area contributed by atoms with Crippen molar-refractivity contribution in [3.8, 4) is 0 Å². The van der Waals surface area contributed by atoms with Crippen molar-refractivity contribution in [2.24, 2.45) is 5.73 Å². The first kappa shape index (κ1) is 15.1. The van der Waals surface area contributed by atoms with Gasteiger partial charge in [0.1, 0.15) is 11.9 Å². The zero-order valence-corrected chi connectivity index (χ0v) is 11.1. The maximum Gasteiger partial charge on any atom is 0.326 e. The monoisotopic (exact) mass is 332 g/mol. The molecule has 102 valence electrons. The number of benzene rings is 1. The topological polar surface area (TPSA) is 109 Å². The second-order valence-corrected chi connectivity index (χ2v) is 4.49. The van der Waals surface area contributed by atoms with Crippen LogP contribution < -0.4 is 11.1 Å². The van der Waals surface area contributed by atoms with E-state index in [-0.39, 0.29) is 10.0 Å². The Kier molecular flexibility index (Phi) is 4.99. The van der Waals surface area contributed by atoms with Crippen LogP contribution in [0, 0.1) is 5.82 Å². The number of nitrogens with two attached hydrogens (primary N) is 1. The number of carbonyl (C=O) groups is 3. The highest BCUT2D eigenvalue weighted by molar-refractivity contribution is 9.10. The summed E-state index contributed by atoms with van der Waals surface area (Å²) in [6.07, 6.45) is -0.573. The molecule has 1 rings (SSSR count). The fraction of sp³-hybridized carbons (Fsp3) is 0.182. The van der Waals surface area contributed by atoms with E-state index in [2.05, 4.69) is 15.9 Å². The zero-order chi connectivity index (χ0) is 14.6. The SMILES string of the molecule is NC(=O)C[C@@H](NC(=O)c1cccc(Br)c1F)C(=O)O. The third-order valence-corrected chi connectivity index (χ3v) is 2.82. The van der Waals surface area contributed by atoms with Gasteiger partial charge in [0.25, 0.3) is 5.91 Å². The van der Waals surface area contributed by atoms with E-state index < -0.39 is 36.1 Å². The quantitative estimate of drug-likeness (QED) is 0.735. The second-order valence-electron chi connectivity index (χ2n) is 3.64. The van der Waals surface area contributed by atoms with Gasteiger partial charge in [-0.1, -0.05) is 6.07 Å². The lowest BCUT2D eigenvalue weighted by Gasteiger charge is -2.13. The highest BCUT2D eigenvalue weighted by Crippen LogP contribution is 2.18. The average Bonchev–Trinajstić information content (AvgIpc) is 2.31. The molecule has 4 N–H and O–H groups in total. The molecule has 0 unspecified atom stereocenters. The van der Waals surface area contributed by atoms with Crippen LogP contribution in [0.5, 0.6) is 0 Å². The highest BCUT2D eigenvalue weighted by atomic mass is 79.9. The van der Waals surface area contributed by atoms with Gasteiger partial charge in [0.15, 0.2) is 0 Å². The Hall–Kier alpha value is -1.96.